The maximum Gasteiger partial charge on any atom is 0.253 e. The SMILES string of the molecule is O=C(c1ccc(F)cc1)N1CCC(c2c[nH]c3ccc(F)cc23)CC1. The van der Waals surface area contributed by atoms with Crippen molar-refractivity contribution in [1.82, 2.24) is 9.88 Å². The molecule has 0 aliphatic carbocycles. The summed E-state index contributed by atoms with van der Waals surface area (Å²) in [6, 6.07) is 10.4. The highest BCUT2D eigenvalue weighted by Gasteiger charge is 2.26. The Kier molecular flexibility index (Phi) is 3.99. The van der Waals surface area contributed by atoms with Crippen molar-refractivity contribution >= 4 is 16.8 Å². The lowest BCUT2D eigenvalue weighted by Crippen LogP contribution is -2.37. The first kappa shape index (κ1) is 15.8. The van der Waals surface area contributed by atoms with E-state index in [9.17, 15) is 13.6 Å². The molecule has 5 heteroatoms. The van der Waals surface area contributed by atoms with Crippen LogP contribution in [0.2, 0.25) is 0 Å². The predicted octanol–water partition coefficient (Wildman–Crippen LogP) is 4.47. The number of hydrogen-bond donors (Lipinski definition) is 1. The first-order chi connectivity index (χ1) is 12.1. The van der Waals surface area contributed by atoms with E-state index >= 15 is 0 Å². The lowest BCUT2D eigenvalue weighted by Gasteiger charge is -2.32. The number of aromatic nitrogens is 1. The number of benzene rings is 2. The number of piperidine rings is 1. The fourth-order valence-electron chi connectivity index (χ4n) is 3.62. The van der Waals surface area contributed by atoms with Crippen LogP contribution >= 0.6 is 0 Å². The molecule has 0 spiro atoms. The third kappa shape index (κ3) is 3.02. The quantitative estimate of drug-likeness (QED) is 0.734. The molecule has 1 saturated heterocycles. The zero-order valence-electron chi connectivity index (χ0n) is 13.6. The maximum atomic E-state index is 13.6. The van der Waals surface area contributed by atoms with Crippen molar-refractivity contribution in [3.63, 3.8) is 0 Å². The van der Waals surface area contributed by atoms with E-state index in [4.69, 9.17) is 0 Å². The summed E-state index contributed by atoms with van der Waals surface area (Å²) >= 11 is 0. The van der Waals surface area contributed by atoms with E-state index in [2.05, 4.69) is 4.98 Å². The number of H-pyrrole nitrogens is 1. The summed E-state index contributed by atoms with van der Waals surface area (Å²) in [6.45, 7) is 1.28. The minimum atomic E-state index is -0.346. The summed E-state index contributed by atoms with van der Waals surface area (Å²) in [5.41, 5.74) is 2.55. The van der Waals surface area contributed by atoms with Gasteiger partial charge in [0.2, 0.25) is 0 Å². The zero-order chi connectivity index (χ0) is 17.4. The largest absolute Gasteiger partial charge is 0.361 e. The molecule has 128 valence electrons. The Morgan fingerprint density at radius 1 is 1.00 bits per heavy atom. The summed E-state index contributed by atoms with van der Waals surface area (Å²) in [7, 11) is 0. The summed E-state index contributed by atoms with van der Waals surface area (Å²) in [5.74, 6) is -0.352. The number of nitrogens with zero attached hydrogens (tertiary/aromatic N) is 1. The number of likely N-dealkylation sites (tertiary alicyclic amines) is 1. The molecule has 0 unspecified atom stereocenters. The fourth-order valence-corrected chi connectivity index (χ4v) is 3.62. The fraction of sp³-hybridized carbons (Fsp3) is 0.250. The predicted molar refractivity (Wildman–Crippen MR) is 92.5 cm³/mol. The van der Waals surface area contributed by atoms with E-state index in [0.29, 0.717) is 24.6 Å². The molecule has 1 aliphatic rings. The topological polar surface area (TPSA) is 36.1 Å². The van der Waals surface area contributed by atoms with Gasteiger partial charge in [-0.05, 0) is 66.8 Å². The lowest BCUT2D eigenvalue weighted by molar-refractivity contribution is 0.0713. The van der Waals surface area contributed by atoms with E-state index in [0.717, 1.165) is 29.3 Å². The van der Waals surface area contributed by atoms with Crippen LogP contribution in [0.1, 0.15) is 34.7 Å². The van der Waals surface area contributed by atoms with Gasteiger partial charge in [-0.1, -0.05) is 0 Å². The summed E-state index contributed by atoms with van der Waals surface area (Å²) in [5, 5.41) is 0.920. The molecule has 1 fully saturated rings. The molecule has 0 atom stereocenters. The highest BCUT2D eigenvalue weighted by atomic mass is 19.1. The molecule has 3 aromatic rings. The van der Waals surface area contributed by atoms with E-state index < -0.39 is 0 Å². The third-order valence-electron chi connectivity index (χ3n) is 4.99. The van der Waals surface area contributed by atoms with Crippen molar-refractivity contribution in [2.24, 2.45) is 0 Å². The van der Waals surface area contributed by atoms with Crippen molar-refractivity contribution in [3.8, 4) is 0 Å². The summed E-state index contributed by atoms with van der Waals surface area (Å²) < 4.78 is 26.6. The molecule has 1 N–H and O–H groups in total. The van der Waals surface area contributed by atoms with Gasteiger partial charge in [0, 0.05) is 35.8 Å². The molecule has 1 aromatic heterocycles. The number of nitrogens with one attached hydrogen (secondary N) is 1. The second kappa shape index (κ2) is 6.31. The van der Waals surface area contributed by atoms with Crippen molar-refractivity contribution in [3.05, 3.63) is 71.4 Å². The van der Waals surface area contributed by atoms with Crippen molar-refractivity contribution < 1.29 is 13.6 Å². The number of carbonyl (C=O) groups is 1. The number of halogens is 2. The molecule has 3 nitrogen and oxygen atoms in total. The second-order valence-corrected chi connectivity index (χ2v) is 6.51. The lowest BCUT2D eigenvalue weighted by atomic mass is 9.89. The number of rotatable bonds is 2. The number of fused-ring (bicyclic) bond motifs is 1. The molecule has 0 saturated carbocycles. The molecule has 1 amide bonds. The average Bonchev–Trinajstić information content (AvgIpc) is 3.05. The normalized spacial score (nSPS) is 15.7. The van der Waals surface area contributed by atoms with Gasteiger partial charge in [-0.3, -0.25) is 4.79 Å². The standard InChI is InChI=1S/C20H18F2N2O/c21-15-3-1-14(2-4-15)20(25)24-9-7-13(8-10-24)18-12-23-19-6-5-16(22)11-17(18)19/h1-6,11-13,23H,7-10H2. The van der Waals surface area contributed by atoms with E-state index in [1.807, 2.05) is 6.20 Å². The summed E-state index contributed by atoms with van der Waals surface area (Å²) in [6.07, 6.45) is 3.61. The second-order valence-electron chi connectivity index (χ2n) is 6.51. The molecule has 2 aromatic carbocycles. The van der Waals surface area contributed by atoms with Gasteiger partial charge in [0.05, 0.1) is 0 Å². The highest BCUT2D eigenvalue weighted by Crippen LogP contribution is 2.33. The Morgan fingerprint density at radius 2 is 1.68 bits per heavy atom. The molecular weight excluding hydrogens is 322 g/mol. The monoisotopic (exact) mass is 340 g/mol. The number of aromatic amines is 1. The van der Waals surface area contributed by atoms with Crippen molar-refractivity contribution in [1.29, 1.82) is 0 Å². The number of hydrogen-bond acceptors (Lipinski definition) is 1. The van der Waals surface area contributed by atoms with Gasteiger partial charge < -0.3 is 9.88 Å². The van der Waals surface area contributed by atoms with E-state index in [1.165, 1.54) is 30.3 Å². The van der Waals surface area contributed by atoms with Crippen LogP contribution in [-0.4, -0.2) is 28.9 Å². The molecule has 0 radical (unpaired) electrons. The zero-order valence-corrected chi connectivity index (χ0v) is 13.6. The van der Waals surface area contributed by atoms with Crippen LogP contribution in [0.5, 0.6) is 0 Å². The molecule has 1 aliphatic heterocycles. The van der Waals surface area contributed by atoms with Crippen molar-refractivity contribution in [2.45, 2.75) is 18.8 Å². The minimum Gasteiger partial charge on any atom is -0.361 e. The first-order valence-corrected chi connectivity index (χ1v) is 8.43. The average molecular weight is 340 g/mol. The minimum absolute atomic E-state index is 0.0663. The molecule has 25 heavy (non-hydrogen) atoms. The van der Waals surface area contributed by atoms with Gasteiger partial charge in [-0.2, -0.15) is 0 Å². The van der Waals surface area contributed by atoms with Gasteiger partial charge in [0.25, 0.3) is 5.91 Å². The van der Waals surface area contributed by atoms with Gasteiger partial charge in [-0.15, -0.1) is 0 Å². The maximum absolute atomic E-state index is 13.6. The Labute approximate surface area is 144 Å². The smallest absolute Gasteiger partial charge is 0.253 e. The van der Waals surface area contributed by atoms with Crippen LogP contribution in [0, 0.1) is 11.6 Å². The molecule has 4 rings (SSSR count). The number of amides is 1. The Hall–Kier alpha value is -2.69. The molecule has 2 heterocycles. The van der Waals surface area contributed by atoms with E-state index in [-0.39, 0.29) is 17.5 Å². The van der Waals surface area contributed by atoms with E-state index in [1.54, 1.807) is 17.0 Å². The van der Waals surface area contributed by atoms with Gasteiger partial charge in [0.1, 0.15) is 11.6 Å². The Balaban J connectivity index is 1.48. The van der Waals surface area contributed by atoms with Gasteiger partial charge >= 0.3 is 0 Å². The van der Waals surface area contributed by atoms with Gasteiger partial charge in [-0.25, -0.2) is 8.78 Å². The summed E-state index contributed by atoms with van der Waals surface area (Å²) in [4.78, 5) is 17.5. The van der Waals surface area contributed by atoms with Crippen LogP contribution < -0.4 is 0 Å². The highest BCUT2D eigenvalue weighted by molar-refractivity contribution is 5.94. The Bertz CT molecular complexity index is 909. The van der Waals surface area contributed by atoms with Gasteiger partial charge in [0.15, 0.2) is 0 Å². The molecule has 0 bridgehead atoms. The van der Waals surface area contributed by atoms with Crippen molar-refractivity contribution in [2.75, 3.05) is 13.1 Å². The molecular formula is C20H18F2N2O. The third-order valence-corrected chi connectivity index (χ3v) is 4.99. The van der Waals surface area contributed by atoms with Crippen LogP contribution in [0.25, 0.3) is 10.9 Å². The first-order valence-electron chi connectivity index (χ1n) is 8.43. The van der Waals surface area contributed by atoms with Crippen LogP contribution in [-0.2, 0) is 0 Å². The number of carbonyl (C=O) groups excluding carboxylic acids is 1. The van der Waals surface area contributed by atoms with Crippen LogP contribution in [0.4, 0.5) is 8.78 Å². The Morgan fingerprint density at radius 3 is 2.40 bits per heavy atom. The van der Waals surface area contributed by atoms with Crippen LogP contribution in [0.15, 0.2) is 48.7 Å². The van der Waals surface area contributed by atoms with Crippen LogP contribution in [0.3, 0.4) is 0 Å².